The van der Waals surface area contributed by atoms with Crippen LogP contribution in [0.5, 0.6) is 5.75 Å². The van der Waals surface area contributed by atoms with Gasteiger partial charge in [-0.15, -0.1) is 0 Å². The molecule has 0 bridgehead atoms. The van der Waals surface area contributed by atoms with Crippen molar-refractivity contribution in [2.45, 2.75) is 18.7 Å². The smallest absolute Gasteiger partial charge is 0.339 e. The van der Waals surface area contributed by atoms with Gasteiger partial charge in [0.2, 0.25) is 0 Å². The summed E-state index contributed by atoms with van der Waals surface area (Å²) in [5.74, 6) is -1.13. The second-order valence-electron chi connectivity index (χ2n) is 3.24. The van der Waals surface area contributed by atoms with Crippen LogP contribution in [0, 0.1) is 6.92 Å². The van der Waals surface area contributed by atoms with Crippen LogP contribution in [-0.4, -0.2) is 26.1 Å². The van der Waals surface area contributed by atoms with Gasteiger partial charge >= 0.3 is 5.97 Å². The molecule has 0 aliphatic heterocycles. The van der Waals surface area contributed by atoms with Crippen LogP contribution in [0.3, 0.4) is 0 Å². The summed E-state index contributed by atoms with van der Waals surface area (Å²) in [7, 11) is 1.24. The lowest BCUT2D eigenvalue weighted by Crippen LogP contribution is -2.08. The third kappa shape index (κ3) is 2.89. The lowest BCUT2D eigenvalue weighted by atomic mass is 10.1. The van der Waals surface area contributed by atoms with Gasteiger partial charge in [-0.25, -0.2) is 13.2 Å². The van der Waals surface area contributed by atoms with Crippen LogP contribution in [0.25, 0.3) is 0 Å². The lowest BCUT2D eigenvalue weighted by molar-refractivity contribution is 0.0691. The van der Waals surface area contributed by atoms with E-state index in [1.165, 1.54) is 19.1 Å². The number of carboxylic acids is 1. The molecule has 0 unspecified atom stereocenters. The number of aromatic carboxylic acids is 1. The quantitative estimate of drug-likeness (QED) is 0.852. The fraction of sp³-hybridized carbons (Fsp3) is 0.300. The second-order valence-corrected chi connectivity index (χ2v) is 5.77. The van der Waals surface area contributed by atoms with Crippen LogP contribution in [0.15, 0.2) is 17.0 Å². The van der Waals surface area contributed by atoms with Gasteiger partial charge in [-0.1, -0.05) is 0 Å². The summed E-state index contributed by atoms with van der Waals surface area (Å²) >= 11 is 0. The summed E-state index contributed by atoms with van der Waals surface area (Å²) in [5.41, 5.74) is -0.118. The van der Waals surface area contributed by atoms with Crippen molar-refractivity contribution < 1.29 is 23.1 Å². The molecule has 0 amide bonds. The Labute approximate surface area is 103 Å². The first-order valence-corrected chi connectivity index (χ1v) is 7.04. The van der Waals surface area contributed by atoms with Gasteiger partial charge in [-0.05, 0) is 31.5 Å². The fourth-order valence-electron chi connectivity index (χ4n) is 1.47. The zero-order valence-electron chi connectivity index (χ0n) is 9.23. The average Bonchev–Trinajstić information content (AvgIpc) is 2.15. The SMILES string of the molecule is CCOc1ccc(S(=O)(=O)Cl)c(C)c1C(=O)O. The van der Waals surface area contributed by atoms with Crippen LogP contribution in [-0.2, 0) is 9.05 Å². The molecule has 0 aromatic heterocycles. The minimum atomic E-state index is -3.97. The Bertz CT molecular complexity index is 550. The Morgan fingerprint density at radius 3 is 2.47 bits per heavy atom. The monoisotopic (exact) mass is 278 g/mol. The highest BCUT2D eigenvalue weighted by Crippen LogP contribution is 2.29. The highest BCUT2D eigenvalue weighted by atomic mass is 35.7. The molecule has 17 heavy (non-hydrogen) atoms. The molecule has 0 saturated heterocycles. The number of halogens is 1. The molecule has 1 rings (SSSR count). The molecule has 0 aliphatic carbocycles. The third-order valence-corrected chi connectivity index (χ3v) is 3.62. The Kier molecular flexibility index (Phi) is 4.00. The molecular weight excluding hydrogens is 268 g/mol. The fourth-order valence-corrected chi connectivity index (χ4v) is 2.67. The zero-order valence-corrected chi connectivity index (χ0v) is 10.8. The first kappa shape index (κ1) is 13.8. The Morgan fingerprint density at radius 2 is 2.06 bits per heavy atom. The largest absolute Gasteiger partial charge is 0.493 e. The number of hydrogen-bond acceptors (Lipinski definition) is 4. The molecule has 0 saturated carbocycles. The number of carboxylic acid groups (broad SMARTS) is 1. The Hall–Kier alpha value is -1.27. The maximum absolute atomic E-state index is 11.2. The van der Waals surface area contributed by atoms with Crippen molar-refractivity contribution in [3.8, 4) is 5.75 Å². The number of hydrogen-bond donors (Lipinski definition) is 1. The number of benzene rings is 1. The standard InChI is InChI=1S/C10H11ClO5S/c1-3-16-7-4-5-8(17(11,14)15)6(2)9(7)10(12)13/h4-5H,3H2,1-2H3,(H,12,13). The summed E-state index contributed by atoms with van der Waals surface area (Å²) in [6, 6.07) is 2.52. The summed E-state index contributed by atoms with van der Waals surface area (Å²) in [6.07, 6.45) is 0. The number of carbonyl (C=O) groups is 1. The molecule has 1 aromatic rings. The normalized spacial score (nSPS) is 11.2. The van der Waals surface area contributed by atoms with Crippen molar-refractivity contribution in [3.63, 3.8) is 0 Å². The molecule has 0 fully saturated rings. The van der Waals surface area contributed by atoms with Crippen molar-refractivity contribution in [2.75, 3.05) is 6.61 Å². The van der Waals surface area contributed by atoms with Gasteiger partial charge in [0.15, 0.2) is 0 Å². The summed E-state index contributed by atoms with van der Waals surface area (Å²) < 4.78 is 27.6. The van der Waals surface area contributed by atoms with Crippen molar-refractivity contribution in [1.82, 2.24) is 0 Å². The molecule has 5 nitrogen and oxygen atoms in total. The Morgan fingerprint density at radius 1 is 1.47 bits per heavy atom. The first-order chi connectivity index (χ1) is 7.79. The molecule has 0 heterocycles. The van der Waals surface area contributed by atoms with E-state index < -0.39 is 15.0 Å². The van der Waals surface area contributed by atoms with Gasteiger partial charge in [0.25, 0.3) is 9.05 Å². The first-order valence-electron chi connectivity index (χ1n) is 4.73. The van der Waals surface area contributed by atoms with E-state index >= 15 is 0 Å². The minimum Gasteiger partial charge on any atom is -0.493 e. The molecule has 7 heteroatoms. The molecule has 1 N–H and O–H groups in total. The van der Waals surface area contributed by atoms with E-state index in [9.17, 15) is 13.2 Å². The highest BCUT2D eigenvalue weighted by molar-refractivity contribution is 8.13. The molecule has 0 aliphatic rings. The highest BCUT2D eigenvalue weighted by Gasteiger charge is 2.22. The van der Waals surface area contributed by atoms with Gasteiger partial charge in [0.05, 0.1) is 11.5 Å². The van der Waals surface area contributed by atoms with Crippen LogP contribution in [0.2, 0.25) is 0 Å². The van der Waals surface area contributed by atoms with Crippen LogP contribution in [0.4, 0.5) is 0 Å². The Balaban J connectivity index is 3.55. The molecule has 0 spiro atoms. The summed E-state index contributed by atoms with van der Waals surface area (Å²) in [6.45, 7) is 3.36. The summed E-state index contributed by atoms with van der Waals surface area (Å²) in [5, 5.41) is 9.05. The van der Waals surface area contributed by atoms with Gasteiger partial charge < -0.3 is 9.84 Å². The van der Waals surface area contributed by atoms with E-state index in [2.05, 4.69) is 0 Å². The molecular formula is C10H11ClO5S. The van der Waals surface area contributed by atoms with Crippen LogP contribution in [0.1, 0.15) is 22.8 Å². The van der Waals surface area contributed by atoms with Crippen LogP contribution >= 0.6 is 10.7 Å². The van der Waals surface area contributed by atoms with Crippen molar-refractivity contribution in [1.29, 1.82) is 0 Å². The summed E-state index contributed by atoms with van der Waals surface area (Å²) in [4.78, 5) is 10.9. The average molecular weight is 279 g/mol. The van der Waals surface area contributed by atoms with Crippen molar-refractivity contribution >= 4 is 25.7 Å². The van der Waals surface area contributed by atoms with E-state index in [-0.39, 0.29) is 28.4 Å². The van der Waals surface area contributed by atoms with E-state index in [1.54, 1.807) is 6.92 Å². The number of ether oxygens (including phenoxy) is 1. The van der Waals surface area contributed by atoms with Gasteiger partial charge in [0, 0.05) is 10.7 Å². The minimum absolute atomic E-state index is 0.0680. The molecule has 0 radical (unpaired) electrons. The van der Waals surface area contributed by atoms with Gasteiger partial charge in [-0.2, -0.15) is 0 Å². The van der Waals surface area contributed by atoms with E-state index in [1.807, 2.05) is 0 Å². The number of rotatable bonds is 4. The second kappa shape index (κ2) is 4.93. The van der Waals surface area contributed by atoms with E-state index in [0.29, 0.717) is 0 Å². The predicted molar refractivity (Wildman–Crippen MR) is 62.3 cm³/mol. The van der Waals surface area contributed by atoms with Gasteiger partial charge in [0.1, 0.15) is 11.3 Å². The van der Waals surface area contributed by atoms with Crippen molar-refractivity contribution in [3.05, 3.63) is 23.3 Å². The lowest BCUT2D eigenvalue weighted by Gasteiger charge is -2.11. The van der Waals surface area contributed by atoms with Crippen LogP contribution < -0.4 is 4.74 Å². The maximum Gasteiger partial charge on any atom is 0.339 e. The molecule has 1 aromatic carbocycles. The molecule has 0 atom stereocenters. The third-order valence-electron chi connectivity index (χ3n) is 2.15. The van der Waals surface area contributed by atoms with Crippen molar-refractivity contribution in [2.24, 2.45) is 0 Å². The predicted octanol–water partition coefficient (Wildman–Crippen LogP) is 2.02. The zero-order chi connectivity index (χ0) is 13.2. The topological polar surface area (TPSA) is 80.7 Å². The maximum atomic E-state index is 11.2. The van der Waals surface area contributed by atoms with Gasteiger partial charge in [-0.3, -0.25) is 0 Å². The molecule has 94 valence electrons. The van der Waals surface area contributed by atoms with E-state index in [4.69, 9.17) is 20.5 Å². The van der Waals surface area contributed by atoms with E-state index in [0.717, 1.165) is 0 Å².